The highest BCUT2D eigenvalue weighted by Crippen LogP contribution is 2.11. The van der Waals surface area contributed by atoms with Gasteiger partial charge in [-0.05, 0) is 41.9 Å². The van der Waals surface area contributed by atoms with E-state index >= 15 is 0 Å². The van der Waals surface area contributed by atoms with Gasteiger partial charge in [-0.15, -0.1) is 0 Å². The number of aromatic amines is 1. The Morgan fingerprint density at radius 2 is 1.83 bits per heavy atom. The summed E-state index contributed by atoms with van der Waals surface area (Å²) in [6.07, 6.45) is 8.03. The largest absolute Gasteiger partial charge is 0.325 e. The number of nitrogens with one attached hydrogen (secondary N) is 1. The first kappa shape index (κ1) is 16.7. The van der Waals surface area contributed by atoms with E-state index in [2.05, 4.69) is 43.0 Å². The number of aryl methyl sites for hydroxylation is 2. The molecule has 0 spiro atoms. The lowest BCUT2D eigenvalue weighted by atomic mass is 10.1. The second-order valence-electron chi connectivity index (χ2n) is 5.41. The molecule has 0 saturated carbocycles. The number of rotatable bonds is 5. The van der Waals surface area contributed by atoms with Crippen LogP contribution in [-0.4, -0.2) is 19.5 Å². The van der Waals surface area contributed by atoms with Gasteiger partial charge in [0, 0.05) is 41.6 Å². The summed E-state index contributed by atoms with van der Waals surface area (Å²) in [5.74, 6) is 0. The highest BCUT2D eigenvalue weighted by atomic mass is 79.9. The molecule has 0 bridgehead atoms. The molecule has 0 aliphatic heterocycles. The van der Waals surface area contributed by atoms with Crippen LogP contribution in [0.15, 0.2) is 58.5 Å². The van der Waals surface area contributed by atoms with E-state index < -0.39 is 0 Å². The van der Waals surface area contributed by atoms with Crippen LogP contribution in [0.5, 0.6) is 0 Å². The lowest BCUT2D eigenvalue weighted by molar-refractivity contribution is 0.655. The summed E-state index contributed by atoms with van der Waals surface area (Å²) in [5, 5.41) is 0. The van der Waals surface area contributed by atoms with E-state index in [9.17, 15) is 4.79 Å². The first-order chi connectivity index (χ1) is 11.6. The zero-order valence-electron chi connectivity index (χ0n) is 12.8. The number of aromatic nitrogens is 4. The molecule has 1 aromatic carbocycles. The summed E-state index contributed by atoms with van der Waals surface area (Å²) in [5.41, 5.74) is 2.59. The minimum absolute atomic E-state index is 0.163. The van der Waals surface area contributed by atoms with E-state index in [0.717, 1.165) is 16.5 Å². The Labute approximate surface area is 152 Å². The Balaban J connectivity index is 1.80. The van der Waals surface area contributed by atoms with Crippen molar-refractivity contribution in [1.82, 2.24) is 19.5 Å². The van der Waals surface area contributed by atoms with Crippen molar-refractivity contribution < 1.29 is 0 Å². The van der Waals surface area contributed by atoms with Gasteiger partial charge in [0.05, 0.1) is 0 Å². The van der Waals surface area contributed by atoms with Crippen molar-refractivity contribution in [3.63, 3.8) is 0 Å². The molecule has 0 fully saturated rings. The third-order valence-corrected chi connectivity index (χ3v) is 4.51. The van der Waals surface area contributed by atoms with Crippen molar-refractivity contribution in [2.75, 3.05) is 0 Å². The monoisotopic (exact) mass is 402 g/mol. The quantitative estimate of drug-likeness (QED) is 0.665. The molecule has 7 heteroatoms. The fraction of sp³-hybridized carbons (Fsp3) is 0.176. The van der Waals surface area contributed by atoms with Gasteiger partial charge in [-0.25, -0.2) is 9.97 Å². The van der Waals surface area contributed by atoms with Gasteiger partial charge in [0.1, 0.15) is 6.33 Å². The minimum atomic E-state index is -0.163. The van der Waals surface area contributed by atoms with E-state index in [1.54, 1.807) is 12.4 Å². The molecule has 0 saturated heterocycles. The van der Waals surface area contributed by atoms with Gasteiger partial charge < -0.3 is 4.57 Å². The average molecular weight is 403 g/mol. The van der Waals surface area contributed by atoms with E-state index in [1.807, 2.05) is 22.9 Å². The average Bonchev–Trinajstić information content (AvgIpc) is 2.59. The highest BCUT2D eigenvalue weighted by molar-refractivity contribution is 9.10. The standard InChI is InChI=1S/C17H15BrN4OS/c18-15-3-1-12(2-4-15)5-6-22-10-14(16(23)21-17(22)24)7-13-8-19-11-20-9-13/h1-4,8-11H,5-7H2,(H,21,23,24). The Bertz CT molecular complexity index is 935. The van der Waals surface area contributed by atoms with Gasteiger partial charge in [0.25, 0.3) is 5.56 Å². The SMILES string of the molecule is O=c1[nH]c(=S)n(CCc2ccc(Br)cc2)cc1Cc1cncnc1. The van der Waals surface area contributed by atoms with Gasteiger partial charge in [-0.2, -0.15) is 0 Å². The number of halogens is 1. The number of hydrogen-bond acceptors (Lipinski definition) is 4. The smallest absolute Gasteiger partial charge is 0.255 e. The van der Waals surface area contributed by atoms with Crippen LogP contribution in [0.2, 0.25) is 0 Å². The van der Waals surface area contributed by atoms with Gasteiger partial charge in [-0.3, -0.25) is 9.78 Å². The molecule has 2 heterocycles. The van der Waals surface area contributed by atoms with Crippen LogP contribution in [0, 0.1) is 4.77 Å². The van der Waals surface area contributed by atoms with Gasteiger partial charge >= 0.3 is 0 Å². The van der Waals surface area contributed by atoms with Crippen molar-refractivity contribution >= 4 is 28.1 Å². The summed E-state index contributed by atoms with van der Waals surface area (Å²) < 4.78 is 3.39. The number of hydrogen-bond donors (Lipinski definition) is 1. The van der Waals surface area contributed by atoms with Crippen LogP contribution < -0.4 is 5.56 Å². The molecule has 122 valence electrons. The second kappa shape index (κ2) is 7.63. The molecule has 0 radical (unpaired) electrons. The molecule has 0 amide bonds. The molecular weight excluding hydrogens is 388 g/mol. The maximum Gasteiger partial charge on any atom is 0.255 e. The molecule has 2 aromatic heterocycles. The Morgan fingerprint density at radius 3 is 2.54 bits per heavy atom. The summed E-state index contributed by atoms with van der Waals surface area (Å²) in [6, 6.07) is 8.17. The molecule has 24 heavy (non-hydrogen) atoms. The van der Waals surface area contributed by atoms with E-state index in [4.69, 9.17) is 12.2 Å². The normalized spacial score (nSPS) is 10.7. The van der Waals surface area contributed by atoms with Gasteiger partial charge in [0.15, 0.2) is 4.77 Å². The van der Waals surface area contributed by atoms with Crippen molar-refractivity contribution in [2.45, 2.75) is 19.4 Å². The zero-order valence-corrected chi connectivity index (χ0v) is 15.2. The Kier molecular flexibility index (Phi) is 5.32. The third-order valence-electron chi connectivity index (χ3n) is 3.65. The third kappa shape index (κ3) is 4.24. The maximum absolute atomic E-state index is 12.1. The Hall–Kier alpha value is -2.12. The molecule has 0 atom stereocenters. The topological polar surface area (TPSA) is 63.6 Å². The van der Waals surface area contributed by atoms with Crippen LogP contribution in [0.1, 0.15) is 16.7 Å². The lowest BCUT2D eigenvalue weighted by Crippen LogP contribution is -2.19. The van der Waals surface area contributed by atoms with Crippen molar-refractivity contribution in [3.8, 4) is 0 Å². The number of nitrogens with zero attached hydrogens (tertiary/aromatic N) is 3. The van der Waals surface area contributed by atoms with Crippen LogP contribution in [0.4, 0.5) is 0 Å². The molecule has 0 aliphatic rings. The van der Waals surface area contributed by atoms with Crippen molar-refractivity contribution in [2.24, 2.45) is 0 Å². The van der Waals surface area contributed by atoms with Crippen LogP contribution >= 0.6 is 28.1 Å². The summed E-state index contributed by atoms with van der Waals surface area (Å²) in [6.45, 7) is 0.704. The first-order valence-corrected chi connectivity index (χ1v) is 8.63. The predicted molar refractivity (Wildman–Crippen MR) is 98.6 cm³/mol. The fourth-order valence-electron chi connectivity index (χ4n) is 2.39. The molecule has 5 nitrogen and oxygen atoms in total. The summed E-state index contributed by atoms with van der Waals surface area (Å²) >= 11 is 8.71. The van der Waals surface area contributed by atoms with Crippen LogP contribution in [-0.2, 0) is 19.4 Å². The molecule has 0 aliphatic carbocycles. The highest BCUT2D eigenvalue weighted by Gasteiger charge is 2.05. The van der Waals surface area contributed by atoms with Crippen molar-refractivity contribution in [1.29, 1.82) is 0 Å². The predicted octanol–water partition coefficient (Wildman–Crippen LogP) is 3.29. The van der Waals surface area contributed by atoms with Crippen LogP contribution in [0.3, 0.4) is 0 Å². The Morgan fingerprint density at radius 1 is 1.12 bits per heavy atom. The van der Waals surface area contributed by atoms with E-state index in [0.29, 0.717) is 23.3 Å². The first-order valence-electron chi connectivity index (χ1n) is 7.43. The molecular formula is C17H15BrN4OS. The zero-order chi connectivity index (χ0) is 16.9. The van der Waals surface area contributed by atoms with E-state index in [1.165, 1.54) is 11.9 Å². The second-order valence-corrected chi connectivity index (χ2v) is 6.71. The van der Waals surface area contributed by atoms with Gasteiger partial charge in [0.2, 0.25) is 0 Å². The minimum Gasteiger partial charge on any atom is -0.325 e. The fourth-order valence-corrected chi connectivity index (χ4v) is 2.89. The van der Waals surface area contributed by atoms with Crippen LogP contribution in [0.25, 0.3) is 0 Å². The molecule has 3 rings (SSSR count). The molecule has 0 unspecified atom stereocenters. The molecule has 3 aromatic rings. The summed E-state index contributed by atoms with van der Waals surface area (Å²) in [7, 11) is 0. The lowest BCUT2D eigenvalue weighted by Gasteiger charge is -2.09. The number of H-pyrrole nitrogens is 1. The molecule has 1 N–H and O–H groups in total. The van der Waals surface area contributed by atoms with E-state index in [-0.39, 0.29) is 5.56 Å². The number of benzene rings is 1. The summed E-state index contributed by atoms with van der Waals surface area (Å²) in [4.78, 5) is 22.8. The van der Waals surface area contributed by atoms with Crippen molar-refractivity contribution in [3.05, 3.63) is 85.5 Å². The maximum atomic E-state index is 12.1. The van der Waals surface area contributed by atoms with Gasteiger partial charge in [-0.1, -0.05) is 28.1 Å².